The van der Waals surface area contributed by atoms with Gasteiger partial charge < -0.3 is 25.1 Å². The first-order valence-corrected chi connectivity index (χ1v) is 8.66. The van der Waals surface area contributed by atoms with Crippen molar-refractivity contribution in [1.82, 2.24) is 20.3 Å². The van der Waals surface area contributed by atoms with Gasteiger partial charge in [-0.2, -0.15) is 15.0 Å². The van der Waals surface area contributed by atoms with E-state index in [0.717, 1.165) is 0 Å². The molecular weight excluding hydrogens is 346 g/mol. The maximum atomic E-state index is 11.1. The van der Waals surface area contributed by atoms with E-state index in [1.165, 1.54) is 18.7 Å². The third-order valence-corrected chi connectivity index (χ3v) is 4.13. The predicted octanol–water partition coefficient (Wildman–Crippen LogP) is -0.280. The molecule has 11 heteroatoms. The van der Waals surface area contributed by atoms with E-state index in [4.69, 9.17) is 5.11 Å². The Kier molecular flexibility index (Phi) is 7.68. The summed E-state index contributed by atoms with van der Waals surface area (Å²) in [5, 5.41) is 11.5. The lowest BCUT2D eigenvalue weighted by Gasteiger charge is -2.22. The maximum Gasteiger partial charge on any atom is 0.327 e. The summed E-state index contributed by atoms with van der Waals surface area (Å²) in [7, 11) is 9.20. The number of hydrogen-bond donors (Lipinski definition) is 2. The highest BCUT2D eigenvalue weighted by molar-refractivity contribution is 7.99. The Bertz CT molecular complexity index is 586. The van der Waals surface area contributed by atoms with Crippen LogP contribution in [0.25, 0.3) is 0 Å². The van der Waals surface area contributed by atoms with Gasteiger partial charge in [0.2, 0.25) is 23.8 Å². The summed E-state index contributed by atoms with van der Waals surface area (Å²) in [4.78, 5) is 40.7. The van der Waals surface area contributed by atoms with Crippen molar-refractivity contribution in [2.24, 2.45) is 0 Å². The summed E-state index contributed by atoms with van der Waals surface area (Å²) >= 11 is 1.37. The molecule has 0 saturated heterocycles. The molecule has 0 bridgehead atoms. The molecular formula is C14H25N7O3S. The maximum absolute atomic E-state index is 11.1. The molecule has 0 aliphatic heterocycles. The number of carbonyl (C=O) groups is 2. The summed E-state index contributed by atoms with van der Waals surface area (Å²) in [5.41, 5.74) is 0. The first-order valence-electron chi connectivity index (χ1n) is 7.51. The van der Waals surface area contributed by atoms with Crippen LogP contribution in [-0.2, 0) is 9.59 Å². The van der Waals surface area contributed by atoms with Crippen LogP contribution < -0.4 is 20.0 Å². The fourth-order valence-electron chi connectivity index (χ4n) is 1.70. The van der Waals surface area contributed by atoms with Crippen LogP contribution in [0, 0.1) is 0 Å². The Morgan fingerprint density at radius 1 is 1.04 bits per heavy atom. The Morgan fingerprint density at radius 3 is 1.92 bits per heavy atom. The van der Waals surface area contributed by atoms with Crippen molar-refractivity contribution in [1.29, 1.82) is 0 Å². The van der Waals surface area contributed by atoms with Crippen LogP contribution in [0.2, 0.25) is 0 Å². The van der Waals surface area contributed by atoms with Crippen molar-refractivity contribution in [3.05, 3.63) is 0 Å². The summed E-state index contributed by atoms with van der Waals surface area (Å²) in [6.07, 6.45) is 0. The van der Waals surface area contributed by atoms with E-state index < -0.39 is 12.0 Å². The number of aromatic nitrogens is 3. The van der Waals surface area contributed by atoms with Gasteiger partial charge in [-0.15, -0.1) is 11.8 Å². The number of nitrogens with zero attached hydrogens (tertiary/aromatic N) is 6. The van der Waals surface area contributed by atoms with E-state index in [2.05, 4.69) is 20.3 Å². The van der Waals surface area contributed by atoms with Gasteiger partial charge in [0, 0.05) is 47.9 Å². The van der Waals surface area contributed by atoms with E-state index in [0.29, 0.717) is 23.7 Å². The second-order valence-electron chi connectivity index (χ2n) is 5.81. The van der Waals surface area contributed by atoms with E-state index in [1.807, 2.05) is 35.2 Å². The van der Waals surface area contributed by atoms with E-state index >= 15 is 0 Å². The number of rotatable bonds is 9. The zero-order valence-electron chi connectivity index (χ0n) is 15.3. The number of hydrogen-bond acceptors (Lipinski definition) is 9. The second-order valence-corrected chi connectivity index (χ2v) is 6.81. The molecule has 10 nitrogen and oxygen atoms in total. The van der Waals surface area contributed by atoms with Gasteiger partial charge in [0.15, 0.2) is 0 Å². The summed E-state index contributed by atoms with van der Waals surface area (Å²) in [5.74, 6) is 0.833. The average Bonchev–Trinajstić information content (AvgIpc) is 2.52. The van der Waals surface area contributed by atoms with Crippen molar-refractivity contribution in [3.8, 4) is 0 Å². The van der Waals surface area contributed by atoms with Crippen LogP contribution in [0.1, 0.15) is 6.92 Å². The zero-order valence-corrected chi connectivity index (χ0v) is 16.2. The van der Waals surface area contributed by atoms with E-state index in [-0.39, 0.29) is 11.7 Å². The third kappa shape index (κ3) is 6.61. The minimum atomic E-state index is -1.06. The Hall–Kier alpha value is -2.30. The first kappa shape index (κ1) is 20.7. The van der Waals surface area contributed by atoms with Crippen LogP contribution in [-0.4, -0.2) is 84.8 Å². The van der Waals surface area contributed by atoms with Gasteiger partial charge in [-0.25, -0.2) is 4.79 Å². The molecule has 25 heavy (non-hydrogen) atoms. The Balaban J connectivity index is 2.78. The molecule has 0 saturated carbocycles. The quantitative estimate of drug-likeness (QED) is 0.562. The highest BCUT2D eigenvalue weighted by Crippen LogP contribution is 2.17. The van der Waals surface area contributed by atoms with E-state index in [1.54, 1.807) is 14.7 Å². The number of carbonyl (C=O) groups excluding carboxylic acids is 1. The fraction of sp³-hybridized carbons (Fsp3) is 0.643. The number of amides is 1. The molecule has 0 aliphatic rings. The molecule has 0 aliphatic carbocycles. The average molecular weight is 371 g/mol. The largest absolute Gasteiger partial charge is 0.480 e. The number of nitrogens with one attached hydrogen (secondary N) is 1. The minimum absolute atomic E-state index is 0.241. The zero-order chi connectivity index (χ0) is 19.1. The van der Waals surface area contributed by atoms with Gasteiger partial charge in [0.1, 0.15) is 6.04 Å². The Labute approximate surface area is 151 Å². The van der Waals surface area contributed by atoms with Gasteiger partial charge in [-0.3, -0.25) is 4.79 Å². The molecule has 0 radical (unpaired) electrons. The van der Waals surface area contributed by atoms with Crippen LogP contribution in [0.15, 0.2) is 0 Å². The van der Waals surface area contributed by atoms with Crippen LogP contribution >= 0.6 is 11.8 Å². The molecule has 0 unspecified atom stereocenters. The molecule has 2 N–H and O–H groups in total. The van der Waals surface area contributed by atoms with E-state index in [9.17, 15) is 9.59 Å². The molecule has 1 atom stereocenters. The topological polar surface area (TPSA) is 115 Å². The highest BCUT2D eigenvalue weighted by atomic mass is 32.2. The van der Waals surface area contributed by atoms with Gasteiger partial charge in [-0.05, 0) is 0 Å². The van der Waals surface area contributed by atoms with Crippen molar-refractivity contribution >= 4 is 41.5 Å². The highest BCUT2D eigenvalue weighted by Gasteiger charge is 2.19. The molecule has 0 aromatic carbocycles. The second kappa shape index (κ2) is 9.25. The van der Waals surface area contributed by atoms with Gasteiger partial charge >= 0.3 is 5.97 Å². The fourth-order valence-corrected chi connectivity index (χ4v) is 2.66. The number of anilines is 3. The van der Waals surface area contributed by atoms with Crippen molar-refractivity contribution in [2.45, 2.75) is 13.0 Å². The first-order chi connectivity index (χ1) is 11.6. The number of aliphatic carboxylic acids is 1. The standard InChI is InChI=1S/C14H25N7O3S/c1-9(22)15-10(11(23)24)7-25-8-21(6)14-17-12(19(2)3)16-13(18-14)20(4)5/h10H,7-8H2,1-6H3,(H,15,22)(H,23,24)/t10-/m0/s1. The van der Waals surface area contributed by atoms with Gasteiger partial charge in [0.25, 0.3) is 0 Å². The molecule has 140 valence electrons. The molecule has 0 fully saturated rings. The monoisotopic (exact) mass is 371 g/mol. The summed E-state index contributed by atoms with van der Waals surface area (Å²) in [6.45, 7) is 1.29. The summed E-state index contributed by atoms with van der Waals surface area (Å²) in [6, 6.07) is -0.927. The number of carboxylic acid groups (broad SMARTS) is 1. The lowest BCUT2D eigenvalue weighted by Crippen LogP contribution is -2.41. The third-order valence-electron chi connectivity index (χ3n) is 2.99. The number of carboxylic acids is 1. The normalized spacial score (nSPS) is 11.6. The van der Waals surface area contributed by atoms with Crippen LogP contribution in [0.3, 0.4) is 0 Å². The van der Waals surface area contributed by atoms with Crippen molar-refractivity contribution in [3.63, 3.8) is 0 Å². The molecule has 1 amide bonds. The number of thioether (sulfide) groups is 1. The molecule has 1 rings (SSSR count). The van der Waals surface area contributed by atoms with Crippen molar-refractivity contribution in [2.75, 3.05) is 61.6 Å². The van der Waals surface area contributed by atoms with Gasteiger partial charge in [0.05, 0.1) is 5.88 Å². The van der Waals surface area contributed by atoms with Gasteiger partial charge in [-0.1, -0.05) is 0 Å². The molecule has 1 aromatic rings. The molecule has 1 heterocycles. The van der Waals surface area contributed by atoms with Crippen molar-refractivity contribution < 1.29 is 14.7 Å². The smallest absolute Gasteiger partial charge is 0.327 e. The predicted molar refractivity (Wildman–Crippen MR) is 99.4 cm³/mol. The SMILES string of the molecule is CC(=O)N[C@@H](CSCN(C)c1nc(N(C)C)nc(N(C)C)n1)C(=O)O. The molecule has 1 aromatic heterocycles. The lowest BCUT2D eigenvalue weighted by atomic mass is 10.3. The Morgan fingerprint density at radius 2 is 1.52 bits per heavy atom. The minimum Gasteiger partial charge on any atom is -0.480 e. The molecule has 0 spiro atoms. The lowest BCUT2D eigenvalue weighted by molar-refractivity contribution is -0.140. The summed E-state index contributed by atoms with van der Waals surface area (Å²) < 4.78 is 0. The van der Waals surface area contributed by atoms with Crippen LogP contribution in [0.5, 0.6) is 0 Å². The van der Waals surface area contributed by atoms with Crippen LogP contribution in [0.4, 0.5) is 17.8 Å².